The molecule has 0 bridgehead atoms. The Morgan fingerprint density at radius 1 is 0.722 bits per heavy atom. The van der Waals surface area contributed by atoms with E-state index >= 15 is 0 Å². The van der Waals surface area contributed by atoms with Crippen LogP contribution in [0.2, 0.25) is 0 Å². The van der Waals surface area contributed by atoms with Crippen molar-refractivity contribution in [3.63, 3.8) is 0 Å². The molecule has 0 amide bonds. The van der Waals surface area contributed by atoms with Gasteiger partial charge >= 0.3 is 0 Å². The van der Waals surface area contributed by atoms with Crippen molar-refractivity contribution in [2.45, 2.75) is 51.7 Å². The van der Waals surface area contributed by atoms with Gasteiger partial charge in [0, 0.05) is 0 Å². The number of hydrogen-bond acceptors (Lipinski definition) is 4. The molecule has 0 heterocycles. The largest absolute Gasteiger partial charge is 0.508 e. The lowest BCUT2D eigenvalue weighted by atomic mass is 9.84. The van der Waals surface area contributed by atoms with E-state index < -0.39 is 0 Å². The molecule has 0 aromatic heterocycles. The summed E-state index contributed by atoms with van der Waals surface area (Å²) in [5.41, 5.74) is 2.56. The van der Waals surface area contributed by atoms with E-state index in [-0.39, 0.29) is 6.29 Å². The van der Waals surface area contributed by atoms with Gasteiger partial charge in [0.05, 0.1) is 6.61 Å². The molecule has 0 fully saturated rings. The first kappa shape index (κ1) is 25.6. The quantitative estimate of drug-likeness (QED) is 0.163. The summed E-state index contributed by atoms with van der Waals surface area (Å²) in [5, 5.41) is 11.9. The van der Waals surface area contributed by atoms with Crippen molar-refractivity contribution in [3.05, 3.63) is 102 Å². The first-order chi connectivity index (χ1) is 17.5. The molecule has 0 aliphatic heterocycles. The van der Waals surface area contributed by atoms with Crippen molar-refractivity contribution in [1.29, 1.82) is 0 Å². The average molecular weight is 485 g/mol. The number of benzene rings is 4. The molecule has 36 heavy (non-hydrogen) atoms. The molecule has 188 valence electrons. The fourth-order valence-corrected chi connectivity index (χ4v) is 4.58. The van der Waals surface area contributed by atoms with E-state index in [9.17, 15) is 5.11 Å². The van der Waals surface area contributed by atoms with Gasteiger partial charge in [-0.2, -0.15) is 0 Å². The van der Waals surface area contributed by atoms with E-state index in [1.807, 2.05) is 55.5 Å². The minimum absolute atomic E-state index is 0.309. The fourth-order valence-electron chi connectivity index (χ4n) is 4.58. The van der Waals surface area contributed by atoms with Gasteiger partial charge in [-0.05, 0) is 89.9 Å². The van der Waals surface area contributed by atoms with Crippen molar-refractivity contribution in [1.82, 2.24) is 0 Å². The normalized spacial score (nSPS) is 13.8. The van der Waals surface area contributed by atoms with Crippen LogP contribution in [-0.4, -0.2) is 24.6 Å². The highest BCUT2D eigenvalue weighted by atomic mass is 16.7. The van der Waals surface area contributed by atoms with E-state index in [1.54, 1.807) is 12.1 Å². The van der Waals surface area contributed by atoms with Crippen LogP contribution in [0.1, 0.15) is 56.6 Å². The average Bonchev–Trinajstić information content (AvgIpc) is 2.90. The van der Waals surface area contributed by atoms with Crippen molar-refractivity contribution < 1.29 is 19.3 Å². The number of phenolic OH excluding ortho intramolecular Hbond substituents is 1. The van der Waals surface area contributed by atoms with E-state index in [4.69, 9.17) is 14.2 Å². The highest BCUT2D eigenvalue weighted by molar-refractivity contribution is 5.83. The third kappa shape index (κ3) is 7.02. The monoisotopic (exact) mass is 484 g/mol. The van der Waals surface area contributed by atoms with Crippen LogP contribution in [0.5, 0.6) is 17.2 Å². The van der Waals surface area contributed by atoms with Crippen LogP contribution in [-0.2, 0) is 4.74 Å². The van der Waals surface area contributed by atoms with Crippen LogP contribution >= 0.6 is 0 Å². The van der Waals surface area contributed by atoms with Crippen LogP contribution in [0.4, 0.5) is 0 Å². The Labute approximate surface area is 214 Å². The fraction of sp³-hybridized carbons (Fsp3) is 0.312. The molecule has 0 spiro atoms. The lowest BCUT2D eigenvalue weighted by molar-refractivity contribution is -0.0739. The van der Waals surface area contributed by atoms with Crippen molar-refractivity contribution >= 4 is 10.8 Å². The van der Waals surface area contributed by atoms with Gasteiger partial charge in [0.1, 0.15) is 23.9 Å². The summed E-state index contributed by atoms with van der Waals surface area (Å²) in [6, 6.07) is 30.2. The van der Waals surface area contributed by atoms with Crippen LogP contribution in [0.3, 0.4) is 0 Å². The maximum atomic E-state index is 9.55. The SMILES string of the molecule is CCC(CC(C)c1ccc(O)cc1)c1ccc(OC(C)OCCOc2ccc3ccccc3c2)cc1. The molecule has 0 aliphatic carbocycles. The van der Waals surface area contributed by atoms with Gasteiger partial charge in [-0.1, -0.05) is 68.4 Å². The van der Waals surface area contributed by atoms with Gasteiger partial charge in [-0.3, -0.25) is 0 Å². The molecule has 0 saturated heterocycles. The molecule has 3 atom stereocenters. The molecule has 3 unspecified atom stereocenters. The van der Waals surface area contributed by atoms with Gasteiger partial charge in [0.2, 0.25) is 0 Å². The summed E-state index contributed by atoms with van der Waals surface area (Å²) >= 11 is 0. The van der Waals surface area contributed by atoms with Crippen LogP contribution in [0.15, 0.2) is 91.0 Å². The summed E-state index contributed by atoms with van der Waals surface area (Å²) in [7, 11) is 0. The highest BCUT2D eigenvalue weighted by Gasteiger charge is 2.16. The molecule has 0 radical (unpaired) electrons. The summed E-state index contributed by atoms with van der Waals surface area (Å²) in [6.45, 7) is 7.28. The summed E-state index contributed by atoms with van der Waals surface area (Å²) < 4.78 is 17.6. The Kier molecular flexibility index (Phi) is 8.85. The summed E-state index contributed by atoms with van der Waals surface area (Å²) in [6.07, 6.45) is 1.75. The second kappa shape index (κ2) is 12.5. The third-order valence-electron chi connectivity index (χ3n) is 6.67. The Bertz CT molecular complexity index is 1220. The van der Waals surface area contributed by atoms with E-state index in [0.29, 0.717) is 30.8 Å². The molecule has 4 nitrogen and oxygen atoms in total. The number of rotatable bonds is 12. The number of ether oxygens (including phenoxy) is 3. The van der Waals surface area contributed by atoms with Gasteiger partial charge in [0.25, 0.3) is 0 Å². The predicted octanol–water partition coefficient (Wildman–Crippen LogP) is 8.05. The number of aromatic hydroxyl groups is 1. The van der Waals surface area contributed by atoms with Crippen molar-refractivity contribution in [2.24, 2.45) is 0 Å². The Morgan fingerprint density at radius 3 is 2.11 bits per heavy atom. The lowest BCUT2D eigenvalue weighted by Crippen LogP contribution is -2.19. The van der Waals surface area contributed by atoms with Gasteiger partial charge in [-0.25, -0.2) is 0 Å². The number of hydrogen-bond donors (Lipinski definition) is 1. The lowest BCUT2D eigenvalue weighted by Gasteiger charge is -2.21. The molecular weight excluding hydrogens is 448 g/mol. The second-order valence-electron chi connectivity index (χ2n) is 9.32. The molecule has 4 aromatic carbocycles. The standard InChI is InChI=1S/C32H36O4/c1-4-25(21-23(2)26-9-14-30(33)15-10-26)28-11-16-31(17-12-28)36-24(3)34-19-20-35-32-18-13-27-7-5-6-8-29(27)22-32/h5-18,22-25,33H,4,19-21H2,1-3H3. The number of phenols is 1. The zero-order chi connectivity index (χ0) is 25.3. The second-order valence-corrected chi connectivity index (χ2v) is 9.32. The van der Waals surface area contributed by atoms with Crippen molar-refractivity contribution in [3.8, 4) is 17.2 Å². The van der Waals surface area contributed by atoms with E-state index in [1.165, 1.54) is 16.5 Å². The maximum absolute atomic E-state index is 9.55. The zero-order valence-corrected chi connectivity index (χ0v) is 21.4. The summed E-state index contributed by atoms with van der Waals surface area (Å²) in [4.78, 5) is 0. The first-order valence-electron chi connectivity index (χ1n) is 12.8. The molecular formula is C32H36O4. The highest BCUT2D eigenvalue weighted by Crippen LogP contribution is 2.33. The minimum Gasteiger partial charge on any atom is -0.508 e. The van der Waals surface area contributed by atoms with Gasteiger partial charge < -0.3 is 19.3 Å². The molecule has 4 aromatic rings. The molecule has 0 saturated carbocycles. The molecule has 1 N–H and O–H groups in total. The third-order valence-corrected chi connectivity index (χ3v) is 6.67. The minimum atomic E-state index is -0.368. The van der Waals surface area contributed by atoms with E-state index in [0.717, 1.165) is 29.7 Å². The Hall–Kier alpha value is -3.50. The Morgan fingerprint density at radius 2 is 1.39 bits per heavy atom. The molecule has 4 heteroatoms. The first-order valence-corrected chi connectivity index (χ1v) is 12.8. The van der Waals surface area contributed by atoms with Crippen LogP contribution in [0, 0.1) is 0 Å². The van der Waals surface area contributed by atoms with Gasteiger partial charge in [-0.15, -0.1) is 0 Å². The smallest absolute Gasteiger partial charge is 0.197 e. The summed E-state index contributed by atoms with van der Waals surface area (Å²) in [5.74, 6) is 2.82. The van der Waals surface area contributed by atoms with E-state index in [2.05, 4.69) is 44.2 Å². The van der Waals surface area contributed by atoms with Crippen molar-refractivity contribution in [2.75, 3.05) is 13.2 Å². The zero-order valence-electron chi connectivity index (χ0n) is 21.4. The van der Waals surface area contributed by atoms with Crippen LogP contribution in [0.25, 0.3) is 10.8 Å². The molecule has 0 aliphatic rings. The predicted molar refractivity (Wildman–Crippen MR) is 146 cm³/mol. The Balaban J connectivity index is 1.22. The topological polar surface area (TPSA) is 47.9 Å². The molecule has 4 rings (SSSR count). The maximum Gasteiger partial charge on any atom is 0.197 e. The van der Waals surface area contributed by atoms with Crippen LogP contribution < -0.4 is 9.47 Å². The number of fused-ring (bicyclic) bond motifs is 1. The van der Waals surface area contributed by atoms with Gasteiger partial charge in [0.15, 0.2) is 6.29 Å².